The van der Waals surface area contributed by atoms with Crippen molar-refractivity contribution in [3.05, 3.63) is 70.4 Å². The van der Waals surface area contributed by atoms with Crippen LogP contribution in [0.15, 0.2) is 54.7 Å². The first kappa shape index (κ1) is 21.5. The molecule has 160 valence electrons. The number of anilines is 1. The molecule has 31 heavy (non-hydrogen) atoms. The van der Waals surface area contributed by atoms with E-state index in [1.807, 2.05) is 6.92 Å². The van der Waals surface area contributed by atoms with Crippen LogP contribution in [0.4, 0.5) is 16.2 Å². The van der Waals surface area contributed by atoms with Gasteiger partial charge in [0.25, 0.3) is 5.69 Å². The number of rotatable bonds is 7. The quantitative estimate of drug-likeness (QED) is 0.258. The van der Waals surface area contributed by atoms with Gasteiger partial charge in [0.2, 0.25) is 0 Å². The van der Waals surface area contributed by atoms with Gasteiger partial charge in [0.05, 0.1) is 4.92 Å². The summed E-state index contributed by atoms with van der Waals surface area (Å²) in [5.74, 6) is -0.397. The summed E-state index contributed by atoms with van der Waals surface area (Å²) in [6, 6.07) is 11.8. The fourth-order valence-corrected chi connectivity index (χ4v) is 2.81. The third-order valence-corrected chi connectivity index (χ3v) is 4.24. The number of urea groups is 1. The molecule has 0 unspecified atom stereocenters. The molecular formula is C21H21N5O5. The van der Waals surface area contributed by atoms with E-state index in [0.717, 1.165) is 6.42 Å². The van der Waals surface area contributed by atoms with Crippen LogP contribution in [0.5, 0.6) is 5.75 Å². The van der Waals surface area contributed by atoms with Crippen molar-refractivity contribution in [1.29, 1.82) is 0 Å². The second kappa shape index (κ2) is 9.53. The summed E-state index contributed by atoms with van der Waals surface area (Å²) >= 11 is 0. The number of hydrogen-bond acceptors (Lipinski definition) is 6. The van der Waals surface area contributed by atoms with Gasteiger partial charge in [-0.1, -0.05) is 13.0 Å². The standard InChI is InChI=1S/C21H21N5O5/c1-3-11-22-21(28)23-15-5-4-6-17(12-15)31-20(27)18-13-25(2)24-19(18)14-7-9-16(10-8-14)26(29)30/h4-10,12-13H,3,11H2,1-2H3,(H2,22,23,28). The lowest BCUT2D eigenvalue weighted by molar-refractivity contribution is -0.384. The summed E-state index contributed by atoms with van der Waals surface area (Å²) in [5.41, 5.74) is 1.50. The van der Waals surface area contributed by atoms with Crippen LogP contribution in [0.3, 0.4) is 0 Å². The molecular weight excluding hydrogens is 402 g/mol. The predicted octanol–water partition coefficient (Wildman–Crippen LogP) is 3.75. The van der Waals surface area contributed by atoms with Gasteiger partial charge < -0.3 is 15.4 Å². The summed E-state index contributed by atoms with van der Waals surface area (Å²) in [4.78, 5) is 35.0. The van der Waals surface area contributed by atoms with Crippen molar-refractivity contribution in [1.82, 2.24) is 15.1 Å². The third kappa shape index (κ3) is 5.44. The smallest absolute Gasteiger partial charge is 0.347 e. The molecule has 0 spiro atoms. The molecule has 0 saturated carbocycles. The Balaban J connectivity index is 1.78. The first-order valence-electron chi connectivity index (χ1n) is 9.53. The molecule has 3 rings (SSSR count). The van der Waals surface area contributed by atoms with E-state index in [4.69, 9.17) is 4.74 Å². The number of esters is 1. The maximum atomic E-state index is 12.8. The van der Waals surface area contributed by atoms with Crippen molar-refractivity contribution in [2.75, 3.05) is 11.9 Å². The number of benzene rings is 2. The number of ether oxygens (including phenoxy) is 1. The van der Waals surface area contributed by atoms with Gasteiger partial charge in [0.15, 0.2) is 0 Å². The molecule has 0 aliphatic carbocycles. The normalized spacial score (nSPS) is 10.4. The van der Waals surface area contributed by atoms with Crippen LogP contribution >= 0.6 is 0 Å². The fourth-order valence-electron chi connectivity index (χ4n) is 2.81. The van der Waals surface area contributed by atoms with Crippen LogP contribution < -0.4 is 15.4 Å². The number of hydrogen-bond donors (Lipinski definition) is 2. The molecule has 0 saturated heterocycles. The Morgan fingerprint density at radius 3 is 2.61 bits per heavy atom. The molecule has 1 heterocycles. The highest BCUT2D eigenvalue weighted by atomic mass is 16.6. The Kier molecular flexibility index (Phi) is 6.61. The number of nitro groups is 1. The van der Waals surface area contributed by atoms with Crippen LogP contribution in [-0.4, -0.2) is 33.2 Å². The van der Waals surface area contributed by atoms with Crippen molar-refractivity contribution < 1.29 is 19.2 Å². The van der Waals surface area contributed by atoms with Crippen molar-refractivity contribution in [2.24, 2.45) is 7.05 Å². The van der Waals surface area contributed by atoms with Crippen LogP contribution in [-0.2, 0) is 7.05 Å². The molecule has 0 fully saturated rings. The Morgan fingerprint density at radius 1 is 1.19 bits per heavy atom. The van der Waals surface area contributed by atoms with E-state index in [1.165, 1.54) is 41.2 Å². The number of nitrogens with zero attached hydrogens (tertiary/aromatic N) is 3. The SMILES string of the molecule is CCCNC(=O)Nc1cccc(OC(=O)c2cn(C)nc2-c2ccc([N+](=O)[O-])cc2)c1. The van der Waals surface area contributed by atoms with E-state index in [2.05, 4.69) is 15.7 Å². The Bertz CT molecular complexity index is 1110. The highest BCUT2D eigenvalue weighted by Crippen LogP contribution is 2.26. The van der Waals surface area contributed by atoms with Gasteiger partial charge >= 0.3 is 12.0 Å². The molecule has 10 heteroatoms. The Morgan fingerprint density at radius 2 is 1.94 bits per heavy atom. The molecule has 2 amide bonds. The van der Waals surface area contributed by atoms with Gasteiger partial charge in [-0.15, -0.1) is 0 Å². The lowest BCUT2D eigenvalue weighted by atomic mass is 10.1. The van der Waals surface area contributed by atoms with Crippen LogP contribution in [0.1, 0.15) is 23.7 Å². The largest absolute Gasteiger partial charge is 0.423 e. The minimum atomic E-state index is -0.644. The minimum Gasteiger partial charge on any atom is -0.423 e. The average Bonchev–Trinajstić information content (AvgIpc) is 3.14. The van der Waals surface area contributed by atoms with Crippen molar-refractivity contribution >= 4 is 23.4 Å². The van der Waals surface area contributed by atoms with Gasteiger partial charge in [0, 0.05) is 49.2 Å². The number of nitrogens with one attached hydrogen (secondary N) is 2. The lowest BCUT2D eigenvalue weighted by Gasteiger charge is -2.09. The molecule has 2 aromatic carbocycles. The van der Waals surface area contributed by atoms with Gasteiger partial charge in [-0.3, -0.25) is 14.8 Å². The third-order valence-electron chi connectivity index (χ3n) is 4.24. The first-order valence-corrected chi connectivity index (χ1v) is 9.53. The van der Waals surface area contributed by atoms with E-state index in [9.17, 15) is 19.7 Å². The predicted molar refractivity (Wildman–Crippen MR) is 114 cm³/mol. The number of non-ortho nitro benzene ring substituents is 1. The zero-order valence-electron chi connectivity index (χ0n) is 17.0. The maximum absolute atomic E-state index is 12.8. The molecule has 0 radical (unpaired) electrons. The second-order valence-corrected chi connectivity index (χ2v) is 6.67. The molecule has 0 aliphatic heterocycles. The summed E-state index contributed by atoms with van der Waals surface area (Å²) in [5, 5.41) is 20.5. The number of aromatic nitrogens is 2. The van der Waals surface area contributed by atoms with Crippen LogP contribution in [0.25, 0.3) is 11.3 Å². The average molecular weight is 423 g/mol. The Hall–Kier alpha value is -4.21. The highest BCUT2D eigenvalue weighted by molar-refractivity contribution is 5.97. The molecule has 0 bridgehead atoms. The number of aryl methyl sites for hydroxylation is 1. The van der Waals surface area contributed by atoms with E-state index >= 15 is 0 Å². The number of nitro benzene ring substituents is 1. The van der Waals surface area contributed by atoms with E-state index in [-0.39, 0.29) is 23.0 Å². The number of carbonyl (C=O) groups excluding carboxylic acids is 2. The van der Waals surface area contributed by atoms with Crippen LogP contribution in [0, 0.1) is 10.1 Å². The van der Waals surface area contributed by atoms with Crippen LogP contribution in [0.2, 0.25) is 0 Å². The van der Waals surface area contributed by atoms with Gasteiger partial charge in [0.1, 0.15) is 17.0 Å². The molecule has 0 atom stereocenters. The molecule has 0 aliphatic rings. The zero-order chi connectivity index (χ0) is 22.4. The zero-order valence-corrected chi connectivity index (χ0v) is 17.0. The number of amides is 2. The summed E-state index contributed by atoms with van der Waals surface area (Å²) in [6.07, 6.45) is 2.33. The lowest BCUT2D eigenvalue weighted by Crippen LogP contribution is -2.29. The van der Waals surface area contributed by atoms with Crippen molar-refractivity contribution in [2.45, 2.75) is 13.3 Å². The minimum absolute atomic E-state index is 0.0592. The molecule has 1 aromatic heterocycles. The second-order valence-electron chi connectivity index (χ2n) is 6.67. The Labute approximate surface area is 178 Å². The summed E-state index contributed by atoms with van der Waals surface area (Å²) in [7, 11) is 1.66. The van der Waals surface area contributed by atoms with Gasteiger partial charge in [-0.25, -0.2) is 9.59 Å². The maximum Gasteiger partial charge on any atom is 0.347 e. The number of carbonyl (C=O) groups is 2. The monoisotopic (exact) mass is 423 g/mol. The van der Waals surface area contributed by atoms with E-state index < -0.39 is 10.9 Å². The topological polar surface area (TPSA) is 128 Å². The van der Waals surface area contributed by atoms with Gasteiger partial charge in [-0.2, -0.15) is 5.10 Å². The highest BCUT2D eigenvalue weighted by Gasteiger charge is 2.20. The summed E-state index contributed by atoms with van der Waals surface area (Å²) < 4.78 is 6.93. The van der Waals surface area contributed by atoms with Gasteiger partial charge in [-0.05, 0) is 30.7 Å². The molecule has 2 N–H and O–H groups in total. The molecule has 3 aromatic rings. The summed E-state index contributed by atoms with van der Waals surface area (Å²) in [6.45, 7) is 2.50. The van der Waals surface area contributed by atoms with Crippen molar-refractivity contribution in [3.8, 4) is 17.0 Å². The van der Waals surface area contributed by atoms with E-state index in [0.29, 0.717) is 23.5 Å². The fraction of sp³-hybridized carbons (Fsp3) is 0.190. The van der Waals surface area contributed by atoms with Crippen molar-refractivity contribution in [3.63, 3.8) is 0 Å². The first-order chi connectivity index (χ1) is 14.9. The molecule has 10 nitrogen and oxygen atoms in total. The van der Waals surface area contributed by atoms with E-state index in [1.54, 1.807) is 25.2 Å².